The Morgan fingerprint density at radius 2 is 1.00 bits per heavy atom. The van der Waals surface area contributed by atoms with Crippen LogP contribution in [0.15, 0.2) is 58.5 Å². The van der Waals surface area contributed by atoms with Crippen LogP contribution in [-0.2, 0) is 17.5 Å². The second-order valence-corrected chi connectivity index (χ2v) is 7.46. The van der Waals surface area contributed by atoms with Gasteiger partial charge in [-0.1, -0.05) is 48.5 Å². The number of hydrogen-bond acceptors (Lipinski definition) is 4. The Kier molecular flexibility index (Phi) is 6.16. The first-order valence-corrected chi connectivity index (χ1v) is 8.97. The van der Waals surface area contributed by atoms with E-state index < -0.39 is 0 Å². The van der Waals surface area contributed by atoms with Gasteiger partial charge in [0.2, 0.25) is 0 Å². The smallest absolute Gasteiger partial charge is 0.0903 e. The van der Waals surface area contributed by atoms with Crippen LogP contribution in [0.25, 0.3) is 0 Å². The van der Waals surface area contributed by atoms with E-state index in [0.717, 1.165) is 17.5 Å². The van der Waals surface area contributed by atoms with Crippen LogP contribution in [-0.4, -0.2) is 10.3 Å². The summed E-state index contributed by atoms with van der Waals surface area (Å²) < 4.78 is 0. The summed E-state index contributed by atoms with van der Waals surface area (Å²) >= 11 is 9.47. The topological polar surface area (TPSA) is 24.7 Å². The number of nitrogens with zero attached hydrogens (tertiary/aromatic N) is 2. The van der Waals surface area contributed by atoms with Gasteiger partial charge in [-0.15, -0.1) is 0 Å². The van der Waals surface area contributed by atoms with Crippen molar-refractivity contribution in [1.29, 1.82) is 0 Å². The van der Waals surface area contributed by atoms with Crippen molar-refractivity contribution in [1.82, 2.24) is 0 Å². The highest BCUT2D eigenvalue weighted by Gasteiger charge is 2.19. The van der Waals surface area contributed by atoms with Gasteiger partial charge in [0.25, 0.3) is 0 Å². The molecule has 0 unspecified atom stereocenters. The summed E-state index contributed by atoms with van der Waals surface area (Å²) in [6.07, 6.45) is 0.883. The van der Waals surface area contributed by atoms with Crippen LogP contribution < -0.4 is 0 Å². The summed E-state index contributed by atoms with van der Waals surface area (Å²) in [4.78, 5) is 8.46. The van der Waals surface area contributed by atoms with Gasteiger partial charge in [-0.3, -0.25) is 0 Å². The summed E-state index contributed by atoms with van der Waals surface area (Å²) in [5.41, 5.74) is 4.10. The second-order valence-electron chi connectivity index (χ2n) is 7.09. The molecule has 0 radical (unpaired) electrons. The zero-order chi connectivity index (χ0) is 18.5. The largest absolute Gasteiger partial charge is 0.222 e. The molecule has 4 heteroatoms. The van der Waals surface area contributed by atoms with Crippen LogP contribution >= 0.6 is 24.4 Å². The Balaban J connectivity index is 2.15. The van der Waals surface area contributed by atoms with Gasteiger partial charge in [0, 0.05) is 0 Å². The van der Waals surface area contributed by atoms with Crippen molar-refractivity contribution in [3.63, 3.8) is 0 Å². The van der Waals surface area contributed by atoms with E-state index in [1.165, 1.54) is 11.1 Å². The Labute approximate surface area is 160 Å². The molecule has 0 aliphatic carbocycles. The van der Waals surface area contributed by atoms with E-state index in [1.54, 1.807) is 0 Å². The van der Waals surface area contributed by atoms with Crippen LogP contribution in [0.5, 0.6) is 0 Å². The molecule has 0 bridgehead atoms. The van der Waals surface area contributed by atoms with Crippen LogP contribution in [0.2, 0.25) is 0 Å². The number of thiocarbonyl (C=S) groups is 2. The van der Waals surface area contributed by atoms with Gasteiger partial charge in [0.15, 0.2) is 0 Å². The van der Waals surface area contributed by atoms with E-state index in [1.807, 2.05) is 27.7 Å². The predicted molar refractivity (Wildman–Crippen MR) is 112 cm³/mol. The standard InChI is InChI=1S/C21H22N2S2/c1-20(2,22-14-24)18-9-5-16(6-10-18)13-17-7-11-19(12-8-17)21(3,4)23-15-25/h5-12H,13H2,1-4H3. The molecule has 0 fully saturated rings. The molecule has 0 atom stereocenters. The number of aliphatic imine (C=N–C) groups is 2. The van der Waals surface area contributed by atoms with Crippen molar-refractivity contribution in [3.8, 4) is 0 Å². The van der Waals surface area contributed by atoms with Crippen molar-refractivity contribution in [2.45, 2.75) is 45.2 Å². The zero-order valence-corrected chi connectivity index (χ0v) is 16.7. The molecule has 0 saturated carbocycles. The van der Waals surface area contributed by atoms with Gasteiger partial charge in [-0.2, -0.15) is 0 Å². The van der Waals surface area contributed by atoms with Crippen LogP contribution in [0.4, 0.5) is 0 Å². The monoisotopic (exact) mass is 366 g/mol. The van der Waals surface area contributed by atoms with Gasteiger partial charge in [0.1, 0.15) is 0 Å². The third kappa shape index (κ3) is 5.01. The maximum Gasteiger partial charge on any atom is 0.0903 e. The van der Waals surface area contributed by atoms with Gasteiger partial charge in [-0.05, 0) is 80.8 Å². The molecule has 0 aliphatic heterocycles. The molecule has 2 rings (SSSR count). The van der Waals surface area contributed by atoms with E-state index in [2.05, 4.69) is 68.8 Å². The third-order valence-corrected chi connectivity index (χ3v) is 4.56. The summed E-state index contributed by atoms with van der Waals surface area (Å²) in [7, 11) is 0. The van der Waals surface area contributed by atoms with E-state index in [9.17, 15) is 0 Å². The summed E-state index contributed by atoms with van der Waals surface area (Å²) in [6, 6.07) is 17.0. The second kappa shape index (κ2) is 7.95. The van der Waals surface area contributed by atoms with Gasteiger partial charge in [-0.25, -0.2) is 9.98 Å². The lowest BCUT2D eigenvalue weighted by Gasteiger charge is -2.19. The Bertz CT molecular complexity index is 750. The molecular weight excluding hydrogens is 344 g/mol. The minimum absolute atomic E-state index is 0.338. The molecule has 0 aliphatic rings. The number of hydrogen-bond donors (Lipinski definition) is 0. The fourth-order valence-electron chi connectivity index (χ4n) is 2.65. The molecule has 0 saturated heterocycles. The lowest BCUT2D eigenvalue weighted by Crippen LogP contribution is -2.13. The first-order valence-electron chi connectivity index (χ1n) is 8.15. The maximum absolute atomic E-state index is 4.73. The quantitative estimate of drug-likeness (QED) is 0.466. The predicted octanol–water partition coefficient (Wildman–Crippen LogP) is 5.95. The van der Waals surface area contributed by atoms with Gasteiger partial charge < -0.3 is 0 Å². The van der Waals surface area contributed by atoms with E-state index in [4.69, 9.17) is 24.4 Å². The lowest BCUT2D eigenvalue weighted by atomic mass is 9.92. The van der Waals surface area contributed by atoms with Crippen molar-refractivity contribution >= 4 is 34.8 Å². The highest BCUT2D eigenvalue weighted by Crippen LogP contribution is 2.26. The maximum atomic E-state index is 4.73. The van der Waals surface area contributed by atoms with E-state index >= 15 is 0 Å². The van der Waals surface area contributed by atoms with Gasteiger partial charge in [0.05, 0.1) is 21.4 Å². The summed E-state index contributed by atoms with van der Waals surface area (Å²) in [5, 5.41) is 4.95. The molecule has 0 heterocycles. The number of isothiocyanates is 2. The minimum atomic E-state index is -0.338. The van der Waals surface area contributed by atoms with Crippen molar-refractivity contribution in [3.05, 3.63) is 70.8 Å². The van der Waals surface area contributed by atoms with Crippen molar-refractivity contribution in [2.75, 3.05) is 0 Å². The Morgan fingerprint density at radius 3 is 1.28 bits per heavy atom. The number of rotatable bonds is 6. The van der Waals surface area contributed by atoms with E-state index in [-0.39, 0.29) is 11.1 Å². The molecule has 2 aromatic carbocycles. The highest BCUT2D eigenvalue weighted by molar-refractivity contribution is 7.78. The third-order valence-electron chi connectivity index (χ3n) is 4.38. The lowest BCUT2D eigenvalue weighted by molar-refractivity contribution is 0.562. The molecule has 0 amide bonds. The van der Waals surface area contributed by atoms with Crippen molar-refractivity contribution < 1.29 is 0 Å². The average Bonchev–Trinajstić information content (AvgIpc) is 2.56. The molecule has 128 valence electrons. The summed E-state index contributed by atoms with van der Waals surface area (Å²) in [5.74, 6) is 0. The SMILES string of the molecule is CC(C)(N=C=S)c1ccc(Cc2ccc(C(C)(C)N=C=S)cc2)cc1. The van der Waals surface area contributed by atoms with Gasteiger partial charge >= 0.3 is 0 Å². The van der Waals surface area contributed by atoms with E-state index in [0.29, 0.717) is 0 Å². The summed E-state index contributed by atoms with van der Waals surface area (Å²) in [6.45, 7) is 8.13. The average molecular weight is 367 g/mol. The number of benzene rings is 2. The Morgan fingerprint density at radius 1 is 0.680 bits per heavy atom. The molecular formula is C21H22N2S2. The molecule has 2 aromatic rings. The molecule has 0 aromatic heterocycles. The fourth-order valence-corrected chi connectivity index (χ4v) is 3.11. The van der Waals surface area contributed by atoms with Crippen molar-refractivity contribution in [2.24, 2.45) is 9.98 Å². The highest BCUT2D eigenvalue weighted by atomic mass is 32.1. The van der Waals surface area contributed by atoms with Crippen LogP contribution in [0.1, 0.15) is 49.9 Å². The molecule has 0 N–H and O–H groups in total. The Hall–Kier alpha value is -1.96. The van der Waals surface area contributed by atoms with Crippen LogP contribution in [0.3, 0.4) is 0 Å². The minimum Gasteiger partial charge on any atom is -0.222 e. The molecule has 25 heavy (non-hydrogen) atoms. The molecule has 0 spiro atoms. The first kappa shape index (κ1) is 19.4. The fraction of sp³-hybridized carbons (Fsp3) is 0.333. The normalized spacial score (nSPS) is 11.4. The zero-order valence-electron chi connectivity index (χ0n) is 15.0. The first-order chi connectivity index (χ1) is 11.8. The molecule has 2 nitrogen and oxygen atoms in total. The van der Waals surface area contributed by atoms with Crippen LogP contribution in [0, 0.1) is 0 Å².